The molecule has 28 heavy (non-hydrogen) atoms. The Morgan fingerprint density at radius 1 is 0.893 bits per heavy atom. The van der Waals surface area contributed by atoms with E-state index in [0.717, 1.165) is 38.3 Å². The van der Waals surface area contributed by atoms with E-state index in [2.05, 4.69) is 11.0 Å². The topological polar surface area (TPSA) is 43.9 Å². The number of rotatable bonds is 4. The highest BCUT2D eigenvalue weighted by atomic mass is 35.5. The Kier molecular flexibility index (Phi) is 5.64. The third-order valence-electron chi connectivity index (χ3n) is 5.58. The summed E-state index contributed by atoms with van der Waals surface area (Å²) in [6, 6.07) is 15.2. The molecule has 2 heterocycles. The maximum Gasteiger partial charge on any atom is 0.253 e. The molecule has 0 bridgehead atoms. The van der Waals surface area contributed by atoms with E-state index in [4.69, 9.17) is 11.6 Å². The lowest BCUT2D eigenvalue weighted by Gasteiger charge is -2.35. The SMILES string of the molecule is O=C(c1ccc(Cl)cc1)N1CCN(CCC(=O)N2CCc3ccccc32)CC1. The molecule has 2 amide bonds. The molecule has 6 heteroatoms. The van der Waals surface area contributed by atoms with Crippen LogP contribution in [0.2, 0.25) is 5.02 Å². The minimum atomic E-state index is 0.0427. The Balaban J connectivity index is 1.25. The second-order valence-corrected chi connectivity index (χ2v) is 7.75. The maximum absolute atomic E-state index is 12.7. The number of hydrogen-bond donors (Lipinski definition) is 0. The minimum Gasteiger partial charge on any atom is -0.336 e. The van der Waals surface area contributed by atoms with E-state index in [9.17, 15) is 9.59 Å². The van der Waals surface area contributed by atoms with Crippen LogP contribution in [0.4, 0.5) is 5.69 Å². The number of amides is 2. The molecule has 0 radical (unpaired) electrons. The second-order valence-electron chi connectivity index (χ2n) is 7.31. The van der Waals surface area contributed by atoms with Crippen LogP contribution in [-0.4, -0.2) is 60.9 Å². The zero-order valence-electron chi connectivity index (χ0n) is 15.8. The van der Waals surface area contributed by atoms with Crippen molar-refractivity contribution in [2.45, 2.75) is 12.8 Å². The number of fused-ring (bicyclic) bond motifs is 1. The highest BCUT2D eigenvalue weighted by Crippen LogP contribution is 2.27. The van der Waals surface area contributed by atoms with Crippen LogP contribution in [0.1, 0.15) is 22.3 Å². The van der Waals surface area contributed by atoms with Crippen molar-refractivity contribution in [1.29, 1.82) is 0 Å². The van der Waals surface area contributed by atoms with Gasteiger partial charge in [0.25, 0.3) is 5.91 Å². The monoisotopic (exact) mass is 397 g/mol. The highest BCUT2D eigenvalue weighted by molar-refractivity contribution is 6.30. The summed E-state index contributed by atoms with van der Waals surface area (Å²) in [5.74, 6) is 0.227. The molecule has 2 aliphatic rings. The minimum absolute atomic E-state index is 0.0427. The predicted molar refractivity (Wildman–Crippen MR) is 111 cm³/mol. The van der Waals surface area contributed by atoms with Gasteiger partial charge in [-0.15, -0.1) is 0 Å². The van der Waals surface area contributed by atoms with Crippen LogP contribution in [0, 0.1) is 0 Å². The highest BCUT2D eigenvalue weighted by Gasteiger charge is 2.26. The van der Waals surface area contributed by atoms with Gasteiger partial charge in [-0.1, -0.05) is 29.8 Å². The molecular formula is C22H24ClN3O2. The Hall–Kier alpha value is -2.37. The van der Waals surface area contributed by atoms with Crippen molar-refractivity contribution in [1.82, 2.24) is 9.80 Å². The van der Waals surface area contributed by atoms with E-state index in [1.54, 1.807) is 24.3 Å². The van der Waals surface area contributed by atoms with Crippen molar-refractivity contribution in [3.8, 4) is 0 Å². The molecule has 2 aromatic rings. The first-order valence-corrected chi connectivity index (χ1v) is 10.1. The lowest BCUT2D eigenvalue weighted by Crippen LogP contribution is -2.49. The second kappa shape index (κ2) is 8.33. The molecule has 0 atom stereocenters. The summed E-state index contributed by atoms with van der Waals surface area (Å²) in [7, 11) is 0. The van der Waals surface area contributed by atoms with E-state index < -0.39 is 0 Å². The number of para-hydroxylation sites is 1. The van der Waals surface area contributed by atoms with Gasteiger partial charge in [0.1, 0.15) is 0 Å². The molecule has 0 N–H and O–H groups in total. The standard InChI is InChI=1S/C22H24ClN3O2/c23-19-7-5-18(6-8-19)22(28)25-15-13-24(14-16-25)11-10-21(27)26-12-9-17-3-1-2-4-20(17)26/h1-8H,9-16H2. The fourth-order valence-corrected chi connectivity index (χ4v) is 4.06. The van der Waals surface area contributed by atoms with Crippen molar-refractivity contribution >= 4 is 29.1 Å². The summed E-state index contributed by atoms with van der Waals surface area (Å²) in [5.41, 5.74) is 2.98. The molecule has 0 unspecified atom stereocenters. The third-order valence-corrected chi connectivity index (χ3v) is 5.83. The molecule has 146 valence electrons. The van der Waals surface area contributed by atoms with E-state index in [1.165, 1.54) is 5.56 Å². The van der Waals surface area contributed by atoms with E-state index >= 15 is 0 Å². The van der Waals surface area contributed by atoms with E-state index in [-0.39, 0.29) is 11.8 Å². The Bertz CT molecular complexity index is 860. The van der Waals surface area contributed by atoms with Crippen molar-refractivity contribution in [2.24, 2.45) is 0 Å². The Morgan fingerprint density at radius 3 is 2.36 bits per heavy atom. The molecule has 0 spiro atoms. The van der Waals surface area contributed by atoms with Gasteiger partial charge in [0.05, 0.1) is 0 Å². The van der Waals surface area contributed by atoms with Crippen molar-refractivity contribution in [3.63, 3.8) is 0 Å². The largest absolute Gasteiger partial charge is 0.336 e. The van der Waals surface area contributed by atoms with Gasteiger partial charge in [0, 0.05) is 62.0 Å². The smallest absolute Gasteiger partial charge is 0.253 e. The summed E-state index contributed by atoms with van der Waals surface area (Å²) in [4.78, 5) is 31.3. The number of halogens is 1. The molecular weight excluding hydrogens is 374 g/mol. The molecule has 5 nitrogen and oxygen atoms in total. The number of benzene rings is 2. The quantitative estimate of drug-likeness (QED) is 0.796. The van der Waals surface area contributed by atoms with Crippen LogP contribution in [0.5, 0.6) is 0 Å². The Labute approximate surface area is 170 Å². The molecule has 1 fully saturated rings. The summed E-state index contributed by atoms with van der Waals surface area (Å²) < 4.78 is 0. The summed E-state index contributed by atoms with van der Waals surface area (Å²) >= 11 is 5.89. The zero-order valence-corrected chi connectivity index (χ0v) is 16.6. The van der Waals surface area contributed by atoms with Gasteiger partial charge in [-0.05, 0) is 42.3 Å². The molecule has 0 aromatic heterocycles. The molecule has 0 saturated carbocycles. The van der Waals surface area contributed by atoms with Crippen molar-refractivity contribution < 1.29 is 9.59 Å². The lowest BCUT2D eigenvalue weighted by molar-refractivity contribution is -0.118. The number of carbonyl (C=O) groups is 2. The third kappa shape index (κ3) is 4.05. The van der Waals surface area contributed by atoms with Gasteiger partial charge in [0.2, 0.25) is 5.91 Å². The van der Waals surface area contributed by atoms with Gasteiger partial charge in [-0.3, -0.25) is 14.5 Å². The average Bonchev–Trinajstić information content (AvgIpc) is 3.17. The molecule has 1 saturated heterocycles. The first-order chi connectivity index (χ1) is 13.6. The fraction of sp³-hybridized carbons (Fsp3) is 0.364. The van der Waals surface area contributed by atoms with Gasteiger partial charge in [-0.25, -0.2) is 0 Å². The van der Waals surface area contributed by atoms with Gasteiger partial charge >= 0.3 is 0 Å². The van der Waals surface area contributed by atoms with E-state index in [0.29, 0.717) is 30.1 Å². The molecule has 0 aliphatic carbocycles. The first kappa shape index (κ1) is 19.0. The van der Waals surface area contributed by atoms with Crippen LogP contribution in [0.25, 0.3) is 0 Å². The van der Waals surface area contributed by atoms with Gasteiger partial charge in [-0.2, -0.15) is 0 Å². The van der Waals surface area contributed by atoms with E-state index in [1.807, 2.05) is 28.0 Å². The number of piperazine rings is 1. The van der Waals surface area contributed by atoms with Crippen LogP contribution < -0.4 is 4.90 Å². The number of carbonyl (C=O) groups excluding carboxylic acids is 2. The molecule has 2 aliphatic heterocycles. The van der Waals surface area contributed by atoms with Crippen molar-refractivity contribution in [2.75, 3.05) is 44.2 Å². The van der Waals surface area contributed by atoms with Crippen LogP contribution >= 0.6 is 11.6 Å². The summed E-state index contributed by atoms with van der Waals surface area (Å²) in [6.07, 6.45) is 1.45. The normalized spacial score (nSPS) is 16.9. The fourth-order valence-electron chi connectivity index (χ4n) is 3.94. The number of nitrogens with zero attached hydrogens (tertiary/aromatic N) is 3. The predicted octanol–water partition coefficient (Wildman–Crippen LogP) is 3.08. The average molecular weight is 398 g/mol. The summed E-state index contributed by atoms with van der Waals surface area (Å²) in [6.45, 7) is 4.47. The lowest BCUT2D eigenvalue weighted by atomic mass is 10.1. The van der Waals surface area contributed by atoms with Crippen LogP contribution in [-0.2, 0) is 11.2 Å². The molecule has 2 aromatic carbocycles. The number of hydrogen-bond acceptors (Lipinski definition) is 3. The number of anilines is 1. The summed E-state index contributed by atoms with van der Waals surface area (Å²) in [5, 5.41) is 0.631. The molecule has 4 rings (SSSR count). The van der Waals surface area contributed by atoms with Crippen molar-refractivity contribution in [3.05, 3.63) is 64.7 Å². The first-order valence-electron chi connectivity index (χ1n) is 9.77. The van der Waals surface area contributed by atoms with Crippen LogP contribution in [0.15, 0.2) is 48.5 Å². The maximum atomic E-state index is 12.7. The van der Waals surface area contributed by atoms with Gasteiger partial charge in [0.15, 0.2) is 0 Å². The van der Waals surface area contributed by atoms with Crippen LogP contribution in [0.3, 0.4) is 0 Å². The Morgan fingerprint density at radius 2 is 1.61 bits per heavy atom. The zero-order chi connectivity index (χ0) is 19.5. The van der Waals surface area contributed by atoms with Gasteiger partial charge < -0.3 is 9.80 Å².